The first-order chi connectivity index (χ1) is 16.0. The number of carbonyl (C=O) groups is 1. The van der Waals surface area contributed by atoms with Gasteiger partial charge in [0.2, 0.25) is 5.91 Å². The molecule has 34 heavy (non-hydrogen) atoms. The highest BCUT2D eigenvalue weighted by Gasteiger charge is 2.31. The van der Waals surface area contributed by atoms with E-state index in [1.807, 2.05) is 6.92 Å². The minimum absolute atomic E-state index is 0.00429. The lowest BCUT2D eigenvalue weighted by Gasteiger charge is -2.24. The van der Waals surface area contributed by atoms with Crippen LogP contribution in [0.25, 0.3) is 0 Å². The van der Waals surface area contributed by atoms with Crippen LogP contribution in [0.15, 0.2) is 77.7 Å². The highest BCUT2D eigenvalue weighted by atomic mass is 32.2. The molecule has 3 aromatic carbocycles. The van der Waals surface area contributed by atoms with Crippen molar-refractivity contribution in [3.63, 3.8) is 0 Å². The molecule has 1 amide bonds. The molecule has 0 saturated carbocycles. The number of carbonyl (C=O) groups excluding carboxylic acids is 1. The number of sulfonamides is 1. The Morgan fingerprint density at radius 2 is 1.47 bits per heavy atom. The summed E-state index contributed by atoms with van der Waals surface area (Å²) in [5.41, 5.74) is 1.26. The van der Waals surface area contributed by atoms with Gasteiger partial charge in [-0.2, -0.15) is 0 Å². The molecule has 180 valence electrons. The number of nitrogens with one attached hydrogen (secondary N) is 1. The van der Waals surface area contributed by atoms with Crippen LogP contribution in [-0.2, 0) is 14.8 Å². The number of aryl methyl sites for hydroxylation is 1. The first-order valence-corrected chi connectivity index (χ1v) is 11.3. The molecule has 1 N–H and O–H groups in total. The SMILES string of the molecule is COc1ccc(N(CC(=O)Nc2ccc(OC(F)(F)F)cc2)S(=O)(=O)c2ccc(C)cc2)cc1. The van der Waals surface area contributed by atoms with Crippen LogP contribution >= 0.6 is 0 Å². The maximum absolute atomic E-state index is 13.4. The van der Waals surface area contributed by atoms with E-state index in [-0.39, 0.29) is 16.3 Å². The lowest BCUT2D eigenvalue weighted by atomic mass is 10.2. The van der Waals surface area contributed by atoms with E-state index in [1.165, 1.54) is 43.5 Å². The number of rotatable bonds is 8. The number of halogens is 3. The summed E-state index contributed by atoms with van der Waals surface area (Å²) in [6.45, 7) is 1.24. The van der Waals surface area contributed by atoms with Crippen molar-refractivity contribution in [2.75, 3.05) is 23.3 Å². The zero-order valence-corrected chi connectivity index (χ0v) is 19.0. The number of ether oxygens (including phenoxy) is 2. The van der Waals surface area contributed by atoms with Gasteiger partial charge in [0.05, 0.1) is 17.7 Å². The Labute approximate surface area is 194 Å². The average molecular weight is 494 g/mol. The lowest BCUT2D eigenvalue weighted by Crippen LogP contribution is -2.38. The van der Waals surface area contributed by atoms with E-state index in [2.05, 4.69) is 10.1 Å². The van der Waals surface area contributed by atoms with Crippen LogP contribution < -0.4 is 19.1 Å². The fourth-order valence-corrected chi connectivity index (χ4v) is 4.39. The molecule has 0 aliphatic rings. The average Bonchev–Trinajstić information content (AvgIpc) is 2.78. The standard InChI is InChI=1S/C23H21F3N2O5S/c1-16-3-13-21(14-4-16)34(30,31)28(18-7-11-19(32-2)12-8-18)15-22(29)27-17-5-9-20(10-6-17)33-23(24,25)26/h3-14H,15H2,1-2H3,(H,27,29). The van der Waals surface area contributed by atoms with Gasteiger partial charge in [-0.3, -0.25) is 9.10 Å². The number of nitrogens with zero attached hydrogens (tertiary/aromatic N) is 1. The Morgan fingerprint density at radius 3 is 2.00 bits per heavy atom. The monoisotopic (exact) mass is 494 g/mol. The molecule has 0 bridgehead atoms. The van der Waals surface area contributed by atoms with Crippen molar-refractivity contribution in [2.24, 2.45) is 0 Å². The van der Waals surface area contributed by atoms with Gasteiger partial charge in [-0.25, -0.2) is 8.42 Å². The molecule has 11 heteroatoms. The summed E-state index contributed by atoms with van der Waals surface area (Å²) in [7, 11) is -2.65. The van der Waals surface area contributed by atoms with Crippen LogP contribution in [0.5, 0.6) is 11.5 Å². The van der Waals surface area contributed by atoms with Crippen LogP contribution in [0.2, 0.25) is 0 Å². The van der Waals surface area contributed by atoms with Gasteiger partial charge in [-0.15, -0.1) is 13.2 Å². The highest BCUT2D eigenvalue weighted by Crippen LogP contribution is 2.27. The number of alkyl halides is 3. The third-order valence-corrected chi connectivity index (χ3v) is 6.42. The summed E-state index contributed by atoms with van der Waals surface area (Å²) in [6.07, 6.45) is -4.84. The number of methoxy groups -OCH3 is 1. The van der Waals surface area contributed by atoms with Gasteiger partial charge in [0.1, 0.15) is 18.0 Å². The van der Waals surface area contributed by atoms with Gasteiger partial charge in [0.15, 0.2) is 0 Å². The third-order valence-electron chi connectivity index (χ3n) is 4.63. The molecule has 0 atom stereocenters. The van der Waals surface area contributed by atoms with Crippen molar-refractivity contribution in [2.45, 2.75) is 18.2 Å². The molecule has 0 aromatic heterocycles. The number of hydrogen-bond acceptors (Lipinski definition) is 5. The van der Waals surface area contributed by atoms with E-state index in [1.54, 1.807) is 24.3 Å². The second kappa shape index (κ2) is 10.0. The van der Waals surface area contributed by atoms with E-state index in [0.717, 1.165) is 22.0 Å². The number of benzene rings is 3. The van der Waals surface area contributed by atoms with Crippen LogP contribution in [0, 0.1) is 6.92 Å². The van der Waals surface area contributed by atoms with Crippen molar-refractivity contribution in [1.82, 2.24) is 0 Å². The number of anilines is 2. The molecule has 0 radical (unpaired) electrons. The molecular formula is C23H21F3N2O5S. The smallest absolute Gasteiger partial charge is 0.497 e. The van der Waals surface area contributed by atoms with Crippen molar-refractivity contribution in [3.8, 4) is 11.5 Å². The molecule has 0 aliphatic carbocycles. The maximum Gasteiger partial charge on any atom is 0.573 e. The van der Waals surface area contributed by atoms with Gasteiger partial charge in [0.25, 0.3) is 10.0 Å². The topological polar surface area (TPSA) is 84.9 Å². The molecule has 3 aromatic rings. The molecule has 0 aliphatic heterocycles. The first-order valence-electron chi connectivity index (χ1n) is 9.87. The van der Waals surface area contributed by atoms with Crippen LogP contribution in [0.3, 0.4) is 0 Å². The molecule has 3 rings (SSSR count). The number of amides is 1. The van der Waals surface area contributed by atoms with Gasteiger partial charge in [-0.1, -0.05) is 17.7 Å². The predicted octanol–water partition coefficient (Wildman–Crippen LogP) is 4.74. The highest BCUT2D eigenvalue weighted by molar-refractivity contribution is 7.92. The Kier molecular flexibility index (Phi) is 7.35. The Hall–Kier alpha value is -3.73. The molecule has 0 spiro atoms. The van der Waals surface area contributed by atoms with Crippen LogP contribution in [0.4, 0.5) is 24.5 Å². The van der Waals surface area contributed by atoms with Crippen molar-refractivity contribution in [3.05, 3.63) is 78.4 Å². The van der Waals surface area contributed by atoms with Gasteiger partial charge in [-0.05, 0) is 67.6 Å². The molecule has 7 nitrogen and oxygen atoms in total. The van der Waals surface area contributed by atoms with Crippen molar-refractivity contribution < 1.29 is 35.9 Å². The Balaban J connectivity index is 1.84. The van der Waals surface area contributed by atoms with E-state index in [9.17, 15) is 26.4 Å². The Morgan fingerprint density at radius 1 is 0.912 bits per heavy atom. The normalized spacial score (nSPS) is 11.6. The fraction of sp³-hybridized carbons (Fsp3) is 0.174. The first kappa shape index (κ1) is 24.9. The minimum atomic E-state index is -4.84. The molecule has 0 unspecified atom stereocenters. The summed E-state index contributed by atoms with van der Waals surface area (Å²) in [5.74, 6) is -0.648. The summed E-state index contributed by atoms with van der Waals surface area (Å²) in [5, 5.41) is 2.48. The summed E-state index contributed by atoms with van der Waals surface area (Å²) < 4.78 is 73.5. The van der Waals surface area contributed by atoms with Gasteiger partial charge >= 0.3 is 6.36 Å². The van der Waals surface area contributed by atoms with E-state index in [4.69, 9.17) is 4.74 Å². The summed E-state index contributed by atoms with van der Waals surface area (Å²) >= 11 is 0. The van der Waals surface area contributed by atoms with Crippen molar-refractivity contribution in [1.29, 1.82) is 0 Å². The van der Waals surface area contributed by atoms with Gasteiger partial charge < -0.3 is 14.8 Å². The second-order valence-electron chi connectivity index (χ2n) is 7.14. The zero-order valence-electron chi connectivity index (χ0n) is 18.2. The third kappa shape index (κ3) is 6.41. The maximum atomic E-state index is 13.4. The molecular weight excluding hydrogens is 473 g/mol. The minimum Gasteiger partial charge on any atom is -0.497 e. The quantitative estimate of drug-likeness (QED) is 0.489. The number of hydrogen-bond donors (Lipinski definition) is 1. The van der Waals surface area contributed by atoms with E-state index < -0.39 is 34.6 Å². The summed E-state index contributed by atoms with van der Waals surface area (Å²) in [4.78, 5) is 12.7. The van der Waals surface area contributed by atoms with Crippen LogP contribution in [-0.4, -0.2) is 34.3 Å². The molecule has 0 heterocycles. The molecule has 0 fully saturated rings. The van der Waals surface area contributed by atoms with Crippen molar-refractivity contribution >= 4 is 27.3 Å². The van der Waals surface area contributed by atoms with E-state index in [0.29, 0.717) is 5.75 Å². The largest absolute Gasteiger partial charge is 0.573 e. The second-order valence-corrected chi connectivity index (χ2v) is 9.01. The summed E-state index contributed by atoms with van der Waals surface area (Å²) in [6, 6.07) is 16.8. The van der Waals surface area contributed by atoms with Gasteiger partial charge in [0, 0.05) is 5.69 Å². The zero-order chi connectivity index (χ0) is 24.9. The fourth-order valence-electron chi connectivity index (χ4n) is 2.97. The Bertz CT molecular complexity index is 1230. The van der Waals surface area contributed by atoms with E-state index >= 15 is 0 Å². The van der Waals surface area contributed by atoms with Crippen LogP contribution in [0.1, 0.15) is 5.56 Å². The predicted molar refractivity (Wildman–Crippen MR) is 120 cm³/mol. The molecule has 0 saturated heterocycles. The lowest BCUT2D eigenvalue weighted by molar-refractivity contribution is -0.274.